The molecule has 1 N–H and O–H groups in total. The van der Waals surface area contributed by atoms with Crippen molar-refractivity contribution in [1.29, 1.82) is 0 Å². The summed E-state index contributed by atoms with van der Waals surface area (Å²) in [4.78, 5) is 12.8. The van der Waals surface area contributed by atoms with Crippen LogP contribution < -0.4 is 9.62 Å². The molecule has 0 aliphatic heterocycles. The van der Waals surface area contributed by atoms with Crippen LogP contribution in [0.15, 0.2) is 48.5 Å². The Hall–Kier alpha value is -2.34. The summed E-state index contributed by atoms with van der Waals surface area (Å²) in [6.07, 6.45) is 3.21. The topological polar surface area (TPSA) is 66.5 Å². The molecule has 1 amide bonds. The van der Waals surface area contributed by atoms with Crippen LogP contribution in [-0.2, 0) is 21.2 Å². The summed E-state index contributed by atoms with van der Waals surface area (Å²) in [7, 11) is -3.61. The summed E-state index contributed by atoms with van der Waals surface area (Å²) in [5, 5.41) is 2.91. The van der Waals surface area contributed by atoms with Gasteiger partial charge in [-0.2, -0.15) is 0 Å². The lowest BCUT2D eigenvalue weighted by atomic mass is 10.1. The molecule has 0 aromatic heterocycles. The van der Waals surface area contributed by atoms with Crippen LogP contribution in [0.3, 0.4) is 0 Å². The number of amides is 1. The first-order valence-corrected chi connectivity index (χ1v) is 11.5. The van der Waals surface area contributed by atoms with Crippen molar-refractivity contribution in [3.8, 4) is 0 Å². The Kier molecular flexibility index (Phi) is 7.63. The quantitative estimate of drug-likeness (QED) is 0.652. The summed E-state index contributed by atoms with van der Waals surface area (Å²) < 4.78 is 26.3. The minimum atomic E-state index is -3.61. The highest BCUT2D eigenvalue weighted by Crippen LogP contribution is 2.25. The van der Waals surface area contributed by atoms with Gasteiger partial charge in [0.05, 0.1) is 11.9 Å². The Morgan fingerprint density at radius 1 is 1.07 bits per heavy atom. The number of aryl methyl sites for hydroxylation is 3. The van der Waals surface area contributed by atoms with Gasteiger partial charge in [0.2, 0.25) is 15.9 Å². The average Bonchev–Trinajstić information content (AvgIpc) is 2.61. The molecule has 6 heteroatoms. The van der Waals surface area contributed by atoms with Crippen molar-refractivity contribution in [2.24, 2.45) is 0 Å². The van der Waals surface area contributed by atoms with Crippen LogP contribution in [0.2, 0.25) is 0 Å². The number of nitrogens with zero attached hydrogens (tertiary/aromatic N) is 1. The summed E-state index contributed by atoms with van der Waals surface area (Å²) in [6, 6.07) is 14.9. The standard InChI is InChI=1S/C22H30N2O3S/c1-5-21(22(25)23-13-9-12-19-10-7-6-8-11-19)24(28(4,26)27)20-15-17(2)14-18(3)16-20/h6-8,10-11,14-16,21H,5,9,12-13H2,1-4H3,(H,23,25)/t21-/m1/s1. The van der Waals surface area contributed by atoms with Gasteiger partial charge in [-0.15, -0.1) is 0 Å². The molecule has 28 heavy (non-hydrogen) atoms. The average molecular weight is 403 g/mol. The molecule has 0 heterocycles. The number of rotatable bonds is 9. The molecular formula is C22H30N2O3S. The number of benzene rings is 2. The molecule has 0 fully saturated rings. The minimum Gasteiger partial charge on any atom is -0.354 e. The van der Waals surface area contributed by atoms with Crippen molar-refractivity contribution in [1.82, 2.24) is 5.32 Å². The van der Waals surface area contributed by atoms with E-state index in [0.717, 1.165) is 30.2 Å². The van der Waals surface area contributed by atoms with Gasteiger partial charge in [-0.3, -0.25) is 9.10 Å². The maximum absolute atomic E-state index is 12.8. The van der Waals surface area contributed by atoms with E-state index in [9.17, 15) is 13.2 Å². The largest absolute Gasteiger partial charge is 0.354 e. The van der Waals surface area contributed by atoms with E-state index in [0.29, 0.717) is 18.7 Å². The molecule has 0 radical (unpaired) electrons. The van der Waals surface area contributed by atoms with Gasteiger partial charge in [-0.25, -0.2) is 8.42 Å². The van der Waals surface area contributed by atoms with E-state index in [1.807, 2.05) is 45.0 Å². The maximum Gasteiger partial charge on any atom is 0.243 e. The van der Waals surface area contributed by atoms with Gasteiger partial charge in [-0.1, -0.05) is 43.3 Å². The molecule has 2 rings (SSSR count). The number of sulfonamides is 1. The highest BCUT2D eigenvalue weighted by atomic mass is 32.2. The van der Waals surface area contributed by atoms with Gasteiger partial charge in [0.25, 0.3) is 0 Å². The molecule has 152 valence electrons. The lowest BCUT2D eigenvalue weighted by molar-refractivity contribution is -0.122. The van der Waals surface area contributed by atoms with E-state index < -0.39 is 16.1 Å². The molecule has 2 aromatic carbocycles. The third kappa shape index (κ3) is 6.09. The molecule has 0 saturated carbocycles. The molecule has 1 atom stereocenters. The summed E-state index contributed by atoms with van der Waals surface area (Å²) >= 11 is 0. The van der Waals surface area contributed by atoms with Crippen LogP contribution in [0.5, 0.6) is 0 Å². The monoisotopic (exact) mass is 402 g/mol. The van der Waals surface area contributed by atoms with Crippen LogP contribution in [0.25, 0.3) is 0 Å². The van der Waals surface area contributed by atoms with Crippen molar-refractivity contribution in [2.45, 2.75) is 46.1 Å². The SMILES string of the molecule is CC[C@H](C(=O)NCCCc1ccccc1)N(c1cc(C)cc(C)c1)S(C)(=O)=O. The first-order valence-electron chi connectivity index (χ1n) is 9.61. The van der Waals surface area contributed by atoms with Crippen LogP contribution in [-0.4, -0.2) is 33.2 Å². The van der Waals surface area contributed by atoms with Crippen molar-refractivity contribution >= 4 is 21.6 Å². The number of nitrogens with one attached hydrogen (secondary N) is 1. The van der Waals surface area contributed by atoms with Crippen molar-refractivity contribution in [3.05, 3.63) is 65.2 Å². The predicted octanol–water partition coefficient (Wildman–Crippen LogP) is 3.60. The molecule has 0 bridgehead atoms. The fourth-order valence-electron chi connectivity index (χ4n) is 3.40. The van der Waals surface area contributed by atoms with Crippen LogP contribution in [0.4, 0.5) is 5.69 Å². The summed E-state index contributed by atoms with van der Waals surface area (Å²) in [6.45, 7) is 6.17. The molecule has 5 nitrogen and oxygen atoms in total. The molecule has 0 aliphatic carbocycles. The minimum absolute atomic E-state index is 0.264. The highest BCUT2D eigenvalue weighted by Gasteiger charge is 2.31. The Morgan fingerprint density at radius 3 is 2.21 bits per heavy atom. The smallest absolute Gasteiger partial charge is 0.243 e. The number of carbonyl (C=O) groups is 1. The Morgan fingerprint density at radius 2 is 1.68 bits per heavy atom. The second-order valence-electron chi connectivity index (χ2n) is 7.21. The zero-order chi connectivity index (χ0) is 20.7. The first-order chi connectivity index (χ1) is 13.2. The van der Waals surface area contributed by atoms with Gasteiger partial charge in [0, 0.05) is 6.54 Å². The number of carbonyl (C=O) groups excluding carboxylic acids is 1. The van der Waals surface area contributed by atoms with E-state index in [1.54, 1.807) is 12.1 Å². The molecule has 0 unspecified atom stereocenters. The first kappa shape index (κ1) is 22.0. The van der Waals surface area contributed by atoms with E-state index in [-0.39, 0.29) is 5.91 Å². The van der Waals surface area contributed by atoms with E-state index >= 15 is 0 Å². The fourth-order valence-corrected chi connectivity index (χ4v) is 4.60. The van der Waals surface area contributed by atoms with Crippen LogP contribution >= 0.6 is 0 Å². The molecule has 2 aromatic rings. The van der Waals surface area contributed by atoms with Gasteiger partial charge >= 0.3 is 0 Å². The Balaban J connectivity index is 2.11. The summed E-state index contributed by atoms with van der Waals surface area (Å²) in [5.74, 6) is -0.264. The van der Waals surface area contributed by atoms with Gasteiger partial charge in [0.1, 0.15) is 6.04 Å². The Bertz CT molecular complexity index is 875. The highest BCUT2D eigenvalue weighted by molar-refractivity contribution is 7.92. The van der Waals surface area contributed by atoms with Gasteiger partial charge in [0.15, 0.2) is 0 Å². The zero-order valence-corrected chi connectivity index (χ0v) is 17.9. The van der Waals surface area contributed by atoms with Crippen molar-refractivity contribution in [2.75, 3.05) is 17.1 Å². The lowest BCUT2D eigenvalue weighted by Crippen LogP contribution is -2.49. The fraction of sp³-hybridized carbons (Fsp3) is 0.409. The number of hydrogen-bond acceptors (Lipinski definition) is 3. The second-order valence-corrected chi connectivity index (χ2v) is 9.07. The van der Waals surface area contributed by atoms with Crippen LogP contribution in [0.1, 0.15) is 36.5 Å². The Labute approximate surface area is 168 Å². The maximum atomic E-state index is 12.8. The van der Waals surface area contributed by atoms with Gasteiger partial charge in [-0.05, 0) is 61.9 Å². The predicted molar refractivity (Wildman–Crippen MR) is 115 cm³/mol. The molecular weight excluding hydrogens is 372 g/mol. The molecule has 0 saturated heterocycles. The van der Waals surface area contributed by atoms with E-state index in [4.69, 9.17) is 0 Å². The molecule has 0 aliphatic rings. The number of hydrogen-bond donors (Lipinski definition) is 1. The van der Waals surface area contributed by atoms with Crippen molar-refractivity contribution in [3.63, 3.8) is 0 Å². The second kappa shape index (κ2) is 9.73. The van der Waals surface area contributed by atoms with E-state index in [2.05, 4.69) is 17.4 Å². The van der Waals surface area contributed by atoms with Crippen molar-refractivity contribution < 1.29 is 13.2 Å². The normalized spacial score (nSPS) is 12.4. The van der Waals surface area contributed by atoms with Crippen LogP contribution in [0, 0.1) is 13.8 Å². The summed E-state index contributed by atoms with van der Waals surface area (Å²) in [5.41, 5.74) is 3.67. The zero-order valence-electron chi connectivity index (χ0n) is 17.1. The van der Waals surface area contributed by atoms with Gasteiger partial charge < -0.3 is 5.32 Å². The molecule has 0 spiro atoms. The van der Waals surface area contributed by atoms with E-state index in [1.165, 1.54) is 9.87 Å². The third-order valence-electron chi connectivity index (χ3n) is 4.57. The number of anilines is 1. The lowest BCUT2D eigenvalue weighted by Gasteiger charge is -2.30. The third-order valence-corrected chi connectivity index (χ3v) is 5.75.